The summed E-state index contributed by atoms with van der Waals surface area (Å²) in [6.07, 6.45) is 4.73. The lowest BCUT2D eigenvalue weighted by Crippen LogP contribution is -2.25. The quantitative estimate of drug-likeness (QED) is 0.651. The molecule has 0 saturated heterocycles. The minimum atomic E-state index is 0.742. The second-order valence-corrected chi connectivity index (χ2v) is 7.01. The molecule has 1 aromatic heterocycles. The van der Waals surface area contributed by atoms with Crippen LogP contribution < -0.4 is 19.7 Å². The van der Waals surface area contributed by atoms with Crippen LogP contribution in [0.2, 0.25) is 0 Å². The summed E-state index contributed by atoms with van der Waals surface area (Å²) in [6.45, 7) is 1.74. The zero-order valence-electron chi connectivity index (χ0n) is 16.9. The third-order valence-electron chi connectivity index (χ3n) is 5.21. The molecule has 4 rings (SSSR count). The number of ether oxygens (including phenoxy) is 2. The summed E-state index contributed by atoms with van der Waals surface area (Å²) in [5.41, 5.74) is 3.79. The van der Waals surface area contributed by atoms with Crippen molar-refractivity contribution in [3.8, 4) is 11.5 Å². The van der Waals surface area contributed by atoms with E-state index in [1.54, 1.807) is 20.5 Å². The van der Waals surface area contributed by atoms with Crippen LogP contribution in [0.4, 0.5) is 17.3 Å². The van der Waals surface area contributed by atoms with Gasteiger partial charge in [-0.25, -0.2) is 9.97 Å². The number of nitrogens with one attached hydrogen (secondary N) is 1. The van der Waals surface area contributed by atoms with Crippen molar-refractivity contribution in [1.82, 2.24) is 9.97 Å². The van der Waals surface area contributed by atoms with Gasteiger partial charge in [0.15, 0.2) is 11.5 Å². The van der Waals surface area contributed by atoms with Gasteiger partial charge in [-0.3, -0.25) is 0 Å². The average Bonchev–Trinajstić information content (AvgIpc) is 2.78. The highest BCUT2D eigenvalue weighted by molar-refractivity contribution is 5.66. The number of fused-ring (bicyclic) bond motifs is 1. The number of hydrogen-bond acceptors (Lipinski definition) is 6. The van der Waals surface area contributed by atoms with Gasteiger partial charge >= 0.3 is 0 Å². The number of para-hydroxylation sites is 1. The van der Waals surface area contributed by atoms with E-state index in [0.717, 1.165) is 55.5 Å². The van der Waals surface area contributed by atoms with Crippen molar-refractivity contribution in [3.63, 3.8) is 0 Å². The minimum absolute atomic E-state index is 0.742. The van der Waals surface area contributed by atoms with Gasteiger partial charge in [-0.2, -0.15) is 0 Å². The summed E-state index contributed by atoms with van der Waals surface area (Å²) < 4.78 is 10.7. The molecular weight excluding hydrogens is 364 g/mol. The van der Waals surface area contributed by atoms with Gasteiger partial charge in [-0.05, 0) is 48.6 Å². The van der Waals surface area contributed by atoms with Crippen molar-refractivity contribution >= 4 is 17.3 Å². The van der Waals surface area contributed by atoms with Crippen LogP contribution in [0.1, 0.15) is 17.5 Å². The maximum absolute atomic E-state index is 5.38. The average molecular weight is 390 g/mol. The summed E-state index contributed by atoms with van der Waals surface area (Å²) in [5.74, 6) is 3.25. The fourth-order valence-corrected chi connectivity index (χ4v) is 3.73. The Balaban J connectivity index is 1.43. The zero-order valence-corrected chi connectivity index (χ0v) is 16.9. The molecule has 2 heterocycles. The van der Waals surface area contributed by atoms with E-state index in [0.29, 0.717) is 0 Å². The summed E-state index contributed by atoms with van der Waals surface area (Å²) >= 11 is 0. The van der Waals surface area contributed by atoms with Gasteiger partial charge in [0, 0.05) is 24.8 Å². The molecule has 1 aliphatic rings. The smallest absolute Gasteiger partial charge is 0.160 e. The molecule has 0 unspecified atom stereocenters. The molecule has 1 N–H and O–H groups in total. The van der Waals surface area contributed by atoms with E-state index in [1.165, 1.54) is 16.8 Å². The number of rotatable bonds is 7. The van der Waals surface area contributed by atoms with Crippen molar-refractivity contribution < 1.29 is 9.47 Å². The van der Waals surface area contributed by atoms with E-state index < -0.39 is 0 Å². The molecule has 6 nitrogen and oxygen atoms in total. The lowest BCUT2D eigenvalue weighted by Gasteiger charge is -2.30. The number of anilines is 3. The van der Waals surface area contributed by atoms with Crippen molar-refractivity contribution in [2.24, 2.45) is 0 Å². The van der Waals surface area contributed by atoms with Crippen LogP contribution in [-0.2, 0) is 12.8 Å². The molecule has 6 heteroatoms. The molecular formula is C23H26N4O2. The number of benzene rings is 2. The summed E-state index contributed by atoms with van der Waals surface area (Å²) in [6, 6.07) is 16.6. The van der Waals surface area contributed by atoms with Gasteiger partial charge in [0.05, 0.1) is 14.2 Å². The molecule has 3 aromatic rings. The molecule has 0 saturated carbocycles. The topological polar surface area (TPSA) is 59.5 Å². The highest BCUT2D eigenvalue weighted by Crippen LogP contribution is 2.32. The molecule has 0 atom stereocenters. The highest BCUT2D eigenvalue weighted by Gasteiger charge is 2.19. The Labute approximate surface area is 171 Å². The van der Waals surface area contributed by atoms with Gasteiger partial charge in [0.1, 0.15) is 18.0 Å². The maximum Gasteiger partial charge on any atom is 0.160 e. The minimum Gasteiger partial charge on any atom is -0.493 e. The Morgan fingerprint density at radius 3 is 2.72 bits per heavy atom. The second kappa shape index (κ2) is 8.82. The van der Waals surface area contributed by atoms with Gasteiger partial charge in [-0.1, -0.05) is 24.3 Å². The molecule has 0 fully saturated rings. The van der Waals surface area contributed by atoms with E-state index in [2.05, 4.69) is 50.5 Å². The first-order chi connectivity index (χ1) is 14.3. The number of methoxy groups -OCH3 is 2. The van der Waals surface area contributed by atoms with Crippen LogP contribution in [0.5, 0.6) is 11.5 Å². The number of hydrogen-bond donors (Lipinski definition) is 1. The Bertz CT molecular complexity index is 977. The Hall–Kier alpha value is -3.28. The lowest BCUT2D eigenvalue weighted by molar-refractivity contribution is 0.354. The standard InChI is InChI=1S/C23H26N4O2/c1-28-20-10-9-17(14-21(20)29-2)11-12-24-22-15-23(26-16-25-22)27-13-5-7-18-6-3-4-8-19(18)27/h3-4,6,8-10,14-16H,5,7,11-13H2,1-2H3,(H,24,25,26). The molecule has 2 aromatic carbocycles. The predicted octanol–water partition coefficient (Wildman–Crippen LogP) is 4.23. The summed E-state index contributed by atoms with van der Waals surface area (Å²) in [4.78, 5) is 11.2. The molecule has 150 valence electrons. The molecule has 0 spiro atoms. The van der Waals surface area contributed by atoms with Crippen molar-refractivity contribution in [3.05, 3.63) is 66.0 Å². The van der Waals surface area contributed by atoms with Crippen LogP contribution in [-0.4, -0.2) is 37.3 Å². The Morgan fingerprint density at radius 2 is 1.86 bits per heavy atom. The number of aromatic nitrogens is 2. The number of nitrogens with zero attached hydrogens (tertiary/aromatic N) is 3. The van der Waals surface area contributed by atoms with E-state index in [9.17, 15) is 0 Å². The van der Waals surface area contributed by atoms with Crippen LogP contribution in [0.25, 0.3) is 0 Å². The van der Waals surface area contributed by atoms with Crippen molar-refractivity contribution in [2.75, 3.05) is 37.5 Å². The molecule has 0 amide bonds. The normalized spacial score (nSPS) is 13.0. The van der Waals surface area contributed by atoms with Gasteiger partial charge in [0.25, 0.3) is 0 Å². The van der Waals surface area contributed by atoms with Crippen LogP contribution in [0, 0.1) is 0 Å². The molecule has 29 heavy (non-hydrogen) atoms. The second-order valence-electron chi connectivity index (χ2n) is 7.01. The van der Waals surface area contributed by atoms with Gasteiger partial charge in [0.2, 0.25) is 0 Å². The third-order valence-corrected chi connectivity index (χ3v) is 5.21. The van der Waals surface area contributed by atoms with E-state index in [-0.39, 0.29) is 0 Å². The molecule has 0 radical (unpaired) electrons. The monoisotopic (exact) mass is 390 g/mol. The van der Waals surface area contributed by atoms with E-state index in [4.69, 9.17) is 9.47 Å². The van der Waals surface area contributed by atoms with Crippen molar-refractivity contribution in [1.29, 1.82) is 0 Å². The Kier molecular flexibility index (Phi) is 5.79. The fourth-order valence-electron chi connectivity index (χ4n) is 3.73. The fraction of sp³-hybridized carbons (Fsp3) is 0.304. The lowest BCUT2D eigenvalue weighted by atomic mass is 10.0. The van der Waals surface area contributed by atoms with E-state index >= 15 is 0 Å². The van der Waals surface area contributed by atoms with Gasteiger partial charge < -0.3 is 19.7 Å². The summed E-state index contributed by atoms with van der Waals surface area (Å²) in [5, 5.41) is 3.41. The zero-order chi connectivity index (χ0) is 20.1. The number of aryl methyl sites for hydroxylation is 1. The SMILES string of the molecule is COc1ccc(CCNc2cc(N3CCCc4ccccc43)ncn2)cc1OC. The van der Waals surface area contributed by atoms with Crippen LogP contribution in [0.3, 0.4) is 0 Å². The summed E-state index contributed by atoms with van der Waals surface area (Å²) in [7, 11) is 3.30. The van der Waals surface area contributed by atoms with E-state index in [1.807, 2.05) is 18.2 Å². The molecule has 1 aliphatic heterocycles. The highest BCUT2D eigenvalue weighted by atomic mass is 16.5. The van der Waals surface area contributed by atoms with Gasteiger partial charge in [-0.15, -0.1) is 0 Å². The predicted molar refractivity (Wildman–Crippen MR) is 116 cm³/mol. The molecule has 0 bridgehead atoms. The van der Waals surface area contributed by atoms with Crippen molar-refractivity contribution in [2.45, 2.75) is 19.3 Å². The maximum atomic E-state index is 5.38. The largest absolute Gasteiger partial charge is 0.493 e. The first-order valence-corrected chi connectivity index (χ1v) is 9.91. The van der Waals surface area contributed by atoms with Crippen LogP contribution in [0.15, 0.2) is 54.9 Å². The molecule has 0 aliphatic carbocycles. The van der Waals surface area contributed by atoms with Crippen LogP contribution >= 0.6 is 0 Å². The Morgan fingerprint density at radius 1 is 1.00 bits per heavy atom. The first-order valence-electron chi connectivity index (χ1n) is 9.91. The first kappa shape index (κ1) is 19.1. The third kappa shape index (κ3) is 4.26.